The molecule has 19 heavy (non-hydrogen) atoms. The number of nitrogens with zero attached hydrogens (tertiary/aromatic N) is 2. The smallest absolute Gasteiger partial charge is 0.255 e. The maximum absolute atomic E-state index is 12.4. The summed E-state index contributed by atoms with van der Waals surface area (Å²) >= 11 is 1.94. The van der Waals surface area contributed by atoms with Crippen molar-refractivity contribution in [1.82, 2.24) is 9.80 Å². The number of thioether (sulfide) groups is 1. The van der Waals surface area contributed by atoms with Crippen LogP contribution in [-0.4, -0.2) is 84.4 Å². The third kappa shape index (κ3) is 3.84. The molecule has 0 aromatic carbocycles. The van der Waals surface area contributed by atoms with Crippen molar-refractivity contribution in [2.45, 2.75) is 18.4 Å². The first-order valence-electron chi connectivity index (χ1n) is 6.96. The SMILES string of the molecule is COCCN1CCC[C@](O)(CN2CCSCC2)C1=O. The molecule has 1 N–H and O–H groups in total. The van der Waals surface area contributed by atoms with Crippen molar-refractivity contribution in [2.75, 3.05) is 57.9 Å². The van der Waals surface area contributed by atoms with Gasteiger partial charge in [0.15, 0.2) is 5.60 Å². The summed E-state index contributed by atoms with van der Waals surface area (Å²) in [6.07, 6.45) is 1.45. The molecule has 0 spiro atoms. The largest absolute Gasteiger partial charge is 0.383 e. The number of β-amino-alcohol motifs (C(OH)–C–C–N with tert-alkyl or cyclic N) is 1. The molecule has 0 saturated carbocycles. The minimum Gasteiger partial charge on any atom is -0.383 e. The van der Waals surface area contributed by atoms with Crippen molar-refractivity contribution in [3.63, 3.8) is 0 Å². The number of amides is 1. The molecule has 5 nitrogen and oxygen atoms in total. The van der Waals surface area contributed by atoms with Crippen LogP contribution in [0.1, 0.15) is 12.8 Å². The predicted molar refractivity (Wildman–Crippen MR) is 76.4 cm³/mol. The topological polar surface area (TPSA) is 53.0 Å². The van der Waals surface area contributed by atoms with Crippen molar-refractivity contribution in [1.29, 1.82) is 0 Å². The predicted octanol–water partition coefficient (Wildman–Crippen LogP) is 0.0351. The molecule has 2 fully saturated rings. The van der Waals surface area contributed by atoms with Gasteiger partial charge in [0.1, 0.15) is 0 Å². The molecule has 0 aromatic rings. The highest BCUT2D eigenvalue weighted by Gasteiger charge is 2.43. The van der Waals surface area contributed by atoms with Gasteiger partial charge >= 0.3 is 0 Å². The summed E-state index contributed by atoms with van der Waals surface area (Å²) in [6.45, 7) is 4.27. The van der Waals surface area contributed by atoms with Crippen molar-refractivity contribution in [2.24, 2.45) is 0 Å². The Bertz CT molecular complexity index is 310. The van der Waals surface area contributed by atoms with E-state index in [0.717, 1.165) is 37.6 Å². The second-order valence-electron chi connectivity index (χ2n) is 5.31. The van der Waals surface area contributed by atoms with Crippen LogP contribution >= 0.6 is 11.8 Å². The third-order valence-corrected chi connectivity index (χ3v) is 4.80. The van der Waals surface area contributed by atoms with Gasteiger partial charge in [-0.2, -0.15) is 11.8 Å². The lowest BCUT2D eigenvalue weighted by molar-refractivity contribution is -0.160. The fourth-order valence-electron chi connectivity index (χ4n) is 2.76. The zero-order valence-electron chi connectivity index (χ0n) is 11.6. The second-order valence-corrected chi connectivity index (χ2v) is 6.53. The van der Waals surface area contributed by atoms with E-state index in [4.69, 9.17) is 4.74 Å². The van der Waals surface area contributed by atoms with Gasteiger partial charge in [0.2, 0.25) is 0 Å². The van der Waals surface area contributed by atoms with Crippen LogP contribution in [-0.2, 0) is 9.53 Å². The third-order valence-electron chi connectivity index (χ3n) is 3.86. The number of piperidine rings is 1. The van der Waals surface area contributed by atoms with Crippen molar-refractivity contribution >= 4 is 17.7 Å². The maximum Gasteiger partial charge on any atom is 0.255 e. The summed E-state index contributed by atoms with van der Waals surface area (Å²) in [5.74, 6) is 2.07. The average Bonchev–Trinajstić information content (AvgIpc) is 2.42. The lowest BCUT2D eigenvalue weighted by Gasteiger charge is -2.41. The number of rotatable bonds is 5. The first-order valence-corrected chi connectivity index (χ1v) is 8.12. The highest BCUT2D eigenvalue weighted by atomic mass is 32.2. The number of carbonyl (C=O) groups is 1. The fourth-order valence-corrected chi connectivity index (χ4v) is 3.73. The van der Waals surface area contributed by atoms with Crippen molar-refractivity contribution < 1.29 is 14.6 Å². The molecular formula is C13H24N2O3S. The average molecular weight is 288 g/mol. The molecular weight excluding hydrogens is 264 g/mol. The zero-order valence-corrected chi connectivity index (χ0v) is 12.5. The summed E-state index contributed by atoms with van der Waals surface area (Å²) in [7, 11) is 1.63. The van der Waals surface area contributed by atoms with E-state index in [1.54, 1.807) is 12.0 Å². The molecule has 2 rings (SSSR count). The molecule has 110 valence electrons. The van der Waals surface area contributed by atoms with Crippen LogP contribution in [0.5, 0.6) is 0 Å². The molecule has 0 unspecified atom stereocenters. The summed E-state index contributed by atoms with van der Waals surface area (Å²) in [4.78, 5) is 16.4. The van der Waals surface area contributed by atoms with E-state index in [1.165, 1.54) is 0 Å². The molecule has 0 aromatic heterocycles. The normalized spacial score (nSPS) is 29.8. The quantitative estimate of drug-likeness (QED) is 0.774. The van der Waals surface area contributed by atoms with Crippen LogP contribution in [0.4, 0.5) is 0 Å². The molecule has 0 bridgehead atoms. The lowest BCUT2D eigenvalue weighted by Crippen LogP contribution is -2.59. The monoisotopic (exact) mass is 288 g/mol. The molecule has 2 heterocycles. The van der Waals surface area contributed by atoms with Gasteiger partial charge in [0.05, 0.1) is 6.61 Å². The number of aliphatic hydroxyl groups is 1. The number of hydrogen-bond acceptors (Lipinski definition) is 5. The zero-order chi connectivity index (χ0) is 13.7. The second kappa shape index (κ2) is 6.92. The van der Waals surface area contributed by atoms with Gasteiger partial charge in [0.25, 0.3) is 5.91 Å². The summed E-state index contributed by atoms with van der Waals surface area (Å²) in [6, 6.07) is 0. The van der Waals surface area contributed by atoms with E-state index in [2.05, 4.69) is 4.90 Å². The van der Waals surface area contributed by atoms with E-state index in [0.29, 0.717) is 26.1 Å². The Balaban J connectivity index is 1.93. The standard InChI is InChI=1S/C13H24N2O3S/c1-18-8-5-15-4-2-3-13(17,12(15)16)11-14-6-9-19-10-7-14/h17H,2-11H2,1H3/t13-/m0/s1. The summed E-state index contributed by atoms with van der Waals surface area (Å²) in [5, 5.41) is 10.7. The molecule has 2 saturated heterocycles. The van der Waals surface area contributed by atoms with E-state index in [-0.39, 0.29) is 5.91 Å². The van der Waals surface area contributed by atoms with Crippen molar-refractivity contribution in [3.05, 3.63) is 0 Å². The highest BCUT2D eigenvalue weighted by Crippen LogP contribution is 2.25. The van der Waals surface area contributed by atoms with Crippen LogP contribution in [0.15, 0.2) is 0 Å². The Hall–Kier alpha value is -0.300. The Morgan fingerprint density at radius 3 is 2.79 bits per heavy atom. The van der Waals surface area contributed by atoms with E-state index in [1.807, 2.05) is 11.8 Å². The molecule has 2 aliphatic rings. The van der Waals surface area contributed by atoms with Crippen LogP contribution < -0.4 is 0 Å². The maximum atomic E-state index is 12.4. The minimum atomic E-state index is -1.19. The molecule has 1 atom stereocenters. The first kappa shape index (κ1) is 15.1. The highest BCUT2D eigenvalue weighted by molar-refractivity contribution is 7.99. The fraction of sp³-hybridized carbons (Fsp3) is 0.923. The Labute approximate surface area is 119 Å². The lowest BCUT2D eigenvalue weighted by atomic mass is 9.91. The molecule has 2 aliphatic heterocycles. The van der Waals surface area contributed by atoms with Crippen molar-refractivity contribution in [3.8, 4) is 0 Å². The number of carbonyl (C=O) groups excluding carboxylic acids is 1. The molecule has 6 heteroatoms. The van der Waals surface area contributed by atoms with Crippen LogP contribution in [0.2, 0.25) is 0 Å². The number of hydrogen-bond donors (Lipinski definition) is 1. The summed E-state index contributed by atoms with van der Waals surface area (Å²) < 4.78 is 5.02. The van der Waals surface area contributed by atoms with Crippen LogP contribution in [0, 0.1) is 0 Å². The van der Waals surface area contributed by atoms with Crippen LogP contribution in [0.25, 0.3) is 0 Å². The molecule has 0 aliphatic carbocycles. The van der Waals surface area contributed by atoms with Gasteiger partial charge in [-0.1, -0.05) is 0 Å². The minimum absolute atomic E-state index is 0.117. The Kier molecular flexibility index (Phi) is 5.50. The number of ether oxygens (including phenoxy) is 1. The van der Waals surface area contributed by atoms with Gasteiger partial charge in [-0.25, -0.2) is 0 Å². The Morgan fingerprint density at radius 1 is 1.37 bits per heavy atom. The van der Waals surface area contributed by atoms with E-state index >= 15 is 0 Å². The van der Waals surface area contributed by atoms with Gasteiger partial charge in [-0.05, 0) is 12.8 Å². The van der Waals surface area contributed by atoms with Crippen LogP contribution in [0.3, 0.4) is 0 Å². The molecule has 1 amide bonds. The van der Waals surface area contributed by atoms with E-state index < -0.39 is 5.60 Å². The van der Waals surface area contributed by atoms with Gasteiger partial charge in [-0.3, -0.25) is 9.69 Å². The Morgan fingerprint density at radius 2 is 2.11 bits per heavy atom. The molecule has 0 radical (unpaired) electrons. The van der Waals surface area contributed by atoms with E-state index in [9.17, 15) is 9.90 Å². The van der Waals surface area contributed by atoms with Gasteiger partial charge < -0.3 is 14.7 Å². The number of methoxy groups -OCH3 is 1. The van der Waals surface area contributed by atoms with Gasteiger partial charge in [-0.15, -0.1) is 0 Å². The number of likely N-dealkylation sites (tertiary alicyclic amines) is 1. The summed E-state index contributed by atoms with van der Waals surface area (Å²) in [5.41, 5.74) is -1.19. The van der Waals surface area contributed by atoms with Gasteiger partial charge in [0, 0.05) is 51.3 Å². The first-order chi connectivity index (χ1) is 9.15.